The second-order valence-electron chi connectivity index (χ2n) is 13.9. The first kappa shape index (κ1) is 33.4. The van der Waals surface area contributed by atoms with Crippen LogP contribution in [0.2, 0.25) is 0 Å². The lowest BCUT2D eigenvalue weighted by Gasteiger charge is -2.39. The van der Waals surface area contributed by atoms with Crippen molar-refractivity contribution in [1.29, 1.82) is 0 Å². The van der Waals surface area contributed by atoms with E-state index in [9.17, 15) is 9.90 Å². The van der Waals surface area contributed by atoms with Gasteiger partial charge in [-0.25, -0.2) is 0 Å². The average Bonchev–Trinajstić information content (AvgIpc) is 3.66. The highest BCUT2D eigenvalue weighted by molar-refractivity contribution is 6.07. The van der Waals surface area contributed by atoms with Crippen molar-refractivity contribution >= 4 is 39.9 Å². The van der Waals surface area contributed by atoms with Crippen LogP contribution in [0.15, 0.2) is 128 Å². The number of para-hydroxylation sites is 1. The average molecular weight is 670 g/mol. The van der Waals surface area contributed by atoms with Gasteiger partial charge in [0.15, 0.2) is 0 Å². The minimum absolute atomic E-state index is 0.157. The van der Waals surface area contributed by atoms with Crippen LogP contribution < -0.4 is 9.80 Å². The van der Waals surface area contributed by atoms with Gasteiger partial charge in [-0.3, -0.25) is 14.4 Å². The van der Waals surface area contributed by atoms with Crippen LogP contribution in [0, 0.1) is 17.8 Å². The summed E-state index contributed by atoms with van der Waals surface area (Å²) in [5.74, 6) is -2.97. The van der Waals surface area contributed by atoms with E-state index in [4.69, 9.17) is 4.74 Å². The van der Waals surface area contributed by atoms with E-state index in [1.165, 1.54) is 4.90 Å². The Bertz CT molecular complexity index is 1950. The first-order chi connectivity index (χ1) is 24.2. The third-order valence-electron chi connectivity index (χ3n) is 11.2. The molecular weight excluding hydrogens is 626 g/mol. The number of hydrogen-bond acceptors (Lipinski definition) is 5. The van der Waals surface area contributed by atoms with Crippen LogP contribution in [0.5, 0.6) is 0 Å². The smallest absolute Gasteiger partial charge is 0.253 e. The zero-order valence-corrected chi connectivity index (χ0v) is 28.5. The van der Waals surface area contributed by atoms with Crippen molar-refractivity contribution in [2.45, 2.75) is 43.6 Å². The Morgan fingerprint density at radius 3 is 2.12 bits per heavy atom. The van der Waals surface area contributed by atoms with Crippen molar-refractivity contribution < 1.29 is 24.2 Å². The molecule has 3 unspecified atom stereocenters. The van der Waals surface area contributed by atoms with Crippen LogP contribution in [0.3, 0.4) is 0 Å². The van der Waals surface area contributed by atoms with Crippen molar-refractivity contribution in [3.8, 4) is 0 Å². The molecule has 4 aromatic rings. The summed E-state index contributed by atoms with van der Waals surface area (Å²) in [5, 5.41) is 13.0. The Balaban J connectivity index is 1.39. The van der Waals surface area contributed by atoms with Gasteiger partial charge in [-0.15, -0.1) is 13.2 Å². The molecule has 2 bridgehead atoms. The Morgan fingerprint density at radius 2 is 1.48 bits per heavy atom. The van der Waals surface area contributed by atoms with Crippen LogP contribution in [0.4, 0.5) is 11.4 Å². The van der Waals surface area contributed by atoms with Crippen molar-refractivity contribution in [3.63, 3.8) is 0 Å². The predicted molar refractivity (Wildman–Crippen MR) is 195 cm³/mol. The molecule has 7 rings (SSSR count). The number of anilines is 2. The molecule has 7 atom stereocenters. The fraction of sp³-hybridized carbons (Fsp3) is 0.310. The Labute approximate surface area is 293 Å². The van der Waals surface area contributed by atoms with Gasteiger partial charge in [0, 0.05) is 24.5 Å². The lowest BCUT2D eigenvalue weighted by molar-refractivity contribution is -0.149. The molecule has 3 saturated heterocycles. The minimum atomic E-state index is -1.32. The minimum Gasteiger partial charge on any atom is -0.394 e. The monoisotopic (exact) mass is 669 g/mol. The predicted octanol–water partition coefficient (Wildman–Crippen LogP) is 6.32. The Hall–Kier alpha value is -5.05. The summed E-state index contributed by atoms with van der Waals surface area (Å²) in [6.07, 6.45) is 3.74. The molecule has 3 aliphatic rings. The normalized spacial score (nSPS) is 27.2. The number of amides is 3. The molecule has 256 valence electrons. The SMILES string of the molecule is C=CCN(C(=O)C1N([C@H](CO)c2ccccc2)C(=O)[C@@H]2[C@H](C(=O)N(CC=C)c3ccccc3)[C@@]3(C)OC12CC3C)c1ccc2ccccc2c1. The first-order valence-corrected chi connectivity index (χ1v) is 17.3. The van der Waals surface area contributed by atoms with E-state index in [1.807, 2.05) is 117 Å². The van der Waals surface area contributed by atoms with Gasteiger partial charge in [-0.1, -0.05) is 97.9 Å². The maximum Gasteiger partial charge on any atom is 0.253 e. The van der Waals surface area contributed by atoms with Gasteiger partial charge in [0.2, 0.25) is 11.8 Å². The fourth-order valence-electron chi connectivity index (χ4n) is 8.87. The van der Waals surface area contributed by atoms with Crippen molar-refractivity contribution in [3.05, 3.63) is 134 Å². The standard InChI is InChI=1S/C42H43N3O5/c1-5-23-43(32-19-11-8-12-20-32)38(47)35-36-39(48)45(34(27-46)30-16-9-7-10-17-30)37(42(36)26-28(3)41(35,4)50-42)40(49)44(24-6-2)33-22-21-29-15-13-14-18-31(29)25-33/h5-22,25,28,34-37,46H,1-2,23-24,26-27H2,3-4H3/t28?,34-,35-,36+,37?,41+,42?/m1/s1. The molecule has 3 heterocycles. The molecule has 8 nitrogen and oxygen atoms in total. The van der Waals surface area contributed by atoms with Gasteiger partial charge >= 0.3 is 0 Å². The number of aliphatic hydroxyl groups is 1. The third kappa shape index (κ3) is 5.08. The molecule has 0 saturated carbocycles. The molecule has 1 spiro atoms. The first-order valence-electron chi connectivity index (χ1n) is 17.3. The molecule has 0 radical (unpaired) electrons. The van der Waals surface area contributed by atoms with Crippen LogP contribution in [0.25, 0.3) is 10.8 Å². The molecule has 50 heavy (non-hydrogen) atoms. The van der Waals surface area contributed by atoms with Gasteiger partial charge < -0.3 is 24.5 Å². The summed E-state index contributed by atoms with van der Waals surface area (Å²) in [5.41, 5.74) is -0.317. The number of rotatable bonds is 11. The molecular formula is C42H43N3O5. The summed E-state index contributed by atoms with van der Waals surface area (Å²) in [7, 11) is 0. The number of benzene rings is 4. The topological polar surface area (TPSA) is 90.4 Å². The molecule has 3 fully saturated rings. The fourth-order valence-corrected chi connectivity index (χ4v) is 8.87. The van der Waals surface area contributed by atoms with E-state index in [0.29, 0.717) is 23.4 Å². The van der Waals surface area contributed by atoms with Crippen molar-refractivity contribution in [2.75, 3.05) is 29.5 Å². The van der Waals surface area contributed by atoms with E-state index in [2.05, 4.69) is 13.2 Å². The molecule has 4 aromatic carbocycles. The second kappa shape index (κ2) is 13.0. The number of aliphatic hydroxyl groups excluding tert-OH is 1. The largest absolute Gasteiger partial charge is 0.394 e. The van der Waals surface area contributed by atoms with Crippen LogP contribution in [-0.4, -0.2) is 64.7 Å². The third-order valence-corrected chi connectivity index (χ3v) is 11.2. The molecule has 1 N–H and O–H groups in total. The molecule has 0 aliphatic carbocycles. The highest BCUT2D eigenvalue weighted by Gasteiger charge is 2.80. The van der Waals surface area contributed by atoms with Gasteiger partial charge in [0.1, 0.15) is 11.6 Å². The van der Waals surface area contributed by atoms with Crippen LogP contribution in [-0.2, 0) is 19.1 Å². The van der Waals surface area contributed by atoms with E-state index < -0.39 is 41.7 Å². The molecule has 8 heteroatoms. The highest BCUT2D eigenvalue weighted by Crippen LogP contribution is 2.66. The quantitative estimate of drug-likeness (QED) is 0.189. The van der Waals surface area contributed by atoms with Gasteiger partial charge in [0.25, 0.3) is 5.91 Å². The number of nitrogens with zero attached hydrogens (tertiary/aromatic N) is 3. The Kier molecular flexibility index (Phi) is 8.70. The number of hydrogen-bond donors (Lipinski definition) is 1. The van der Waals surface area contributed by atoms with Crippen LogP contribution >= 0.6 is 0 Å². The van der Waals surface area contributed by atoms with Gasteiger partial charge in [-0.05, 0) is 59.9 Å². The Morgan fingerprint density at radius 1 is 0.880 bits per heavy atom. The van der Waals surface area contributed by atoms with E-state index in [1.54, 1.807) is 22.0 Å². The zero-order valence-electron chi connectivity index (χ0n) is 28.5. The number of carbonyl (C=O) groups is 3. The van der Waals surface area contributed by atoms with Crippen LogP contribution in [0.1, 0.15) is 31.9 Å². The number of likely N-dealkylation sites (tertiary alicyclic amines) is 1. The summed E-state index contributed by atoms with van der Waals surface area (Å²) >= 11 is 0. The zero-order chi connectivity index (χ0) is 35.2. The second-order valence-corrected chi connectivity index (χ2v) is 13.9. The molecule has 3 aliphatic heterocycles. The summed E-state index contributed by atoms with van der Waals surface area (Å²) < 4.78 is 7.09. The lowest BCUT2D eigenvalue weighted by atomic mass is 9.62. The van der Waals surface area contributed by atoms with E-state index >= 15 is 9.59 Å². The van der Waals surface area contributed by atoms with Gasteiger partial charge in [0.05, 0.1) is 30.1 Å². The molecule has 0 aromatic heterocycles. The van der Waals surface area contributed by atoms with Gasteiger partial charge in [-0.2, -0.15) is 0 Å². The van der Waals surface area contributed by atoms with Crippen molar-refractivity contribution in [2.24, 2.45) is 17.8 Å². The van der Waals surface area contributed by atoms with E-state index in [0.717, 1.165) is 10.8 Å². The number of ether oxygens (including phenoxy) is 1. The summed E-state index contributed by atoms with van der Waals surface area (Å²) in [4.78, 5) is 50.3. The summed E-state index contributed by atoms with van der Waals surface area (Å²) in [6.45, 7) is 11.8. The highest BCUT2D eigenvalue weighted by atomic mass is 16.5. The van der Waals surface area contributed by atoms with E-state index in [-0.39, 0.29) is 36.7 Å². The molecule has 3 amide bonds. The number of fused-ring (bicyclic) bond motifs is 2. The maximum atomic E-state index is 15.4. The number of carbonyl (C=O) groups excluding carboxylic acids is 3. The van der Waals surface area contributed by atoms with Crippen molar-refractivity contribution in [1.82, 2.24) is 4.90 Å². The maximum absolute atomic E-state index is 15.4. The lowest BCUT2D eigenvalue weighted by Crippen LogP contribution is -2.57. The summed E-state index contributed by atoms with van der Waals surface area (Å²) in [6, 6.07) is 30.4.